The molecular weight excluding hydrogens is 315 g/mol. The van der Waals surface area contributed by atoms with Crippen molar-refractivity contribution in [3.63, 3.8) is 0 Å². The van der Waals surface area contributed by atoms with Crippen LogP contribution in [0.4, 0.5) is 13.2 Å². The van der Waals surface area contributed by atoms with Crippen molar-refractivity contribution in [1.82, 2.24) is 5.32 Å². The van der Waals surface area contributed by atoms with Gasteiger partial charge in [-0.3, -0.25) is 4.79 Å². The van der Waals surface area contributed by atoms with Gasteiger partial charge >= 0.3 is 6.18 Å². The quantitative estimate of drug-likeness (QED) is 0.793. The van der Waals surface area contributed by atoms with E-state index < -0.39 is 11.7 Å². The standard InChI is InChI=1S/C19H18F3NO/c1-2-3-9-17(23-18(24)15-7-5-4-6-8-15)14-10-12-16(13-11-14)19(20,21)22/h4-13H,2-3H2,1H3,(H,23,24). The highest BCUT2D eigenvalue weighted by atomic mass is 19.4. The summed E-state index contributed by atoms with van der Waals surface area (Å²) in [5.41, 5.74) is 0.836. The second-order valence-electron chi connectivity index (χ2n) is 5.30. The number of allylic oxidation sites excluding steroid dienone is 1. The van der Waals surface area contributed by atoms with Crippen molar-refractivity contribution in [1.29, 1.82) is 0 Å². The highest BCUT2D eigenvalue weighted by molar-refractivity contribution is 5.99. The maximum absolute atomic E-state index is 12.7. The minimum atomic E-state index is -4.38. The highest BCUT2D eigenvalue weighted by Crippen LogP contribution is 2.30. The number of hydrogen-bond donors (Lipinski definition) is 1. The molecule has 1 N–H and O–H groups in total. The van der Waals surface area contributed by atoms with Crippen LogP contribution in [0.1, 0.15) is 41.3 Å². The normalized spacial score (nSPS) is 12.1. The van der Waals surface area contributed by atoms with Crippen LogP contribution in [0, 0.1) is 0 Å². The van der Waals surface area contributed by atoms with E-state index in [9.17, 15) is 18.0 Å². The molecule has 2 aromatic carbocycles. The Morgan fingerprint density at radius 2 is 1.62 bits per heavy atom. The van der Waals surface area contributed by atoms with Crippen molar-refractivity contribution in [3.05, 3.63) is 77.4 Å². The minimum Gasteiger partial charge on any atom is -0.322 e. The van der Waals surface area contributed by atoms with E-state index in [0.717, 1.165) is 18.6 Å². The molecule has 0 aromatic heterocycles. The third-order valence-electron chi connectivity index (χ3n) is 3.44. The van der Waals surface area contributed by atoms with Crippen LogP contribution in [0.3, 0.4) is 0 Å². The Kier molecular flexibility index (Phi) is 5.79. The first kappa shape index (κ1) is 17.8. The fourth-order valence-corrected chi connectivity index (χ4v) is 2.15. The number of carbonyl (C=O) groups excluding carboxylic acids is 1. The van der Waals surface area contributed by atoms with Crippen molar-refractivity contribution < 1.29 is 18.0 Å². The SMILES string of the molecule is CCCC=C(NC(=O)c1ccccc1)c1ccc(C(F)(F)F)cc1. The minimum absolute atomic E-state index is 0.294. The molecular formula is C19H18F3NO. The van der Waals surface area contributed by atoms with Gasteiger partial charge in [0.15, 0.2) is 0 Å². The van der Waals surface area contributed by atoms with Gasteiger partial charge in [-0.15, -0.1) is 0 Å². The molecule has 0 aliphatic carbocycles. The smallest absolute Gasteiger partial charge is 0.322 e. The number of rotatable bonds is 5. The summed E-state index contributed by atoms with van der Waals surface area (Å²) in [7, 11) is 0. The molecule has 0 atom stereocenters. The van der Waals surface area contributed by atoms with E-state index in [2.05, 4.69) is 5.32 Å². The van der Waals surface area contributed by atoms with Crippen molar-refractivity contribution in [2.24, 2.45) is 0 Å². The first-order chi connectivity index (χ1) is 11.4. The molecule has 0 spiro atoms. The summed E-state index contributed by atoms with van der Waals surface area (Å²) in [5.74, 6) is -0.294. The number of unbranched alkanes of at least 4 members (excludes halogenated alkanes) is 1. The molecule has 0 fully saturated rings. The van der Waals surface area contributed by atoms with Crippen LogP contribution in [-0.2, 0) is 6.18 Å². The molecule has 2 rings (SSSR count). The van der Waals surface area contributed by atoms with Gasteiger partial charge in [-0.05, 0) is 36.2 Å². The molecule has 0 aliphatic heterocycles. The second kappa shape index (κ2) is 7.81. The molecule has 0 bridgehead atoms. The predicted octanol–water partition coefficient (Wildman–Crippen LogP) is 5.28. The van der Waals surface area contributed by atoms with E-state index >= 15 is 0 Å². The number of hydrogen-bond acceptors (Lipinski definition) is 1. The molecule has 0 aliphatic rings. The molecule has 24 heavy (non-hydrogen) atoms. The van der Waals surface area contributed by atoms with Crippen molar-refractivity contribution in [2.45, 2.75) is 25.9 Å². The summed E-state index contributed by atoms with van der Waals surface area (Å²) >= 11 is 0. The van der Waals surface area contributed by atoms with E-state index in [4.69, 9.17) is 0 Å². The summed E-state index contributed by atoms with van der Waals surface area (Å²) < 4.78 is 38.0. The average Bonchev–Trinajstić information content (AvgIpc) is 2.58. The van der Waals surface area contributed by atoms with E-state index in [0.29, 0.717) is 23.2 Å². The number of alkyl halides is 3. The Morgan fingerprint density at radius 1 is 1.00 bits per heavy atom. The van der Waals surface area contributed by atoms with Gasteiger partial charge in [0.1, 0.15) is 0 Å². The Morgan fingerprint density at radius 3 is 2.17 bits per heavy atom. The summed E-state index contributed by atoms with van der Waals surface area (Å²) in [6.45, 7) is 1.99. The third-order valence-corrected chi connectivity index (χ3v) is 3.44. The Hall–Kier alpha value is -2.56. The molecule has 1 amide bonds. The largest absolute Gasteiger partial charge is 0.416 e. The van der Waals surface area contributed by atoms with Crippen LogP contribution < -0.4 is 5.32 Å². The Labute approximate surface area is 139 Å². The third kappa shape index (κ3) is 4.72. The van der Waals surface area contributed by atoms with E-state index in [1.165, 1.54) is 12.1 Å². The lowest BCUT2D eigenvalue weighted by atomic mass is 10.1. The lowest BCUT2D eigenvalue weighted by Gasteiger charge is -2.12. The highest BCUT2D eigenvalue weighted by Gasteiger charge is 2.30. The van der Waals surface area contributed by atoms with Crippen molar-refractivity contribution in [2.75, 3.05) is 0 Å². The molecule has 5 heteroatoms. The topological polar surface area (TPSA) is 29.1 Å². The maximum Gasteiger partial charge on any atom is 0.416 e. The van der Waals surface area contributed by atoms with Gasteiger partial charge in [0, 0.05) is 11.3 Å². The number of benzene rings is 2. The van der Waals surface area contributed by atoms with E-state index in [1.54, 1.807) is 30.3 Å². The second-order valence-corrected chi connectivity index (χ2v) is 5.30. The fourth-order valence-electron chi connectivity index (χ4n) is 2.15. The molecule has 0 saturated carbocycles. The van der Waals surface area contributed by atoms with E-state index in [-0.39, 0.29) is 5.91 Å². The zero-order valence-electron chi connectivity index (χ0n) is 13.2. The fraction of sp³-hybridized carbons (Fsp3) is 0.211. The zero-order chi connectivity index (χ0) is 17.6. The van der Waals surface area contributed by atoms with Gasteiger partial charge in [-0.2, -0.15) is 13.2 Å². The monoisotopic (exact) mass is 333 g/mol. The average molecular weight is 333 g/mol. The Bertz CT molecular complexity index is 704. The molecule has 126 valence electrons. The van der Waals surface area contributed by atoms with Gasteiger partial charge in [-0.1, -0.05) is 49.8 Å². The van der Waals surface area contributed by atoms with Crippen LogP contribution in [0.5, 0.6) is 0 Å². The number of carbonyl (C=O) groups is 1. The van der Waals surface area contributed by atoms with Gasteiger partial charge in [0.2, 0.25) is 0 Å². The molecule has 0 saturated heterocycles. The van der Waals surface area contributed by atoms with Crippen LogP contribution in [0.15, 0.2) is 60.7 Å². The number of halogens is 3. The Balaban J connectivity index is 2.24. The summed E-state index contributed by atoms with van der Waals surface area (Å²) in [6.07, 6.45) is -0.973. The van der Waals surface area contributed by atoms with Gasteiger partial charge in [0.05, 0.1) is 5.56 Å². The molecule has 0 unspecified atom stereocenters. The van der Waals surface area contributed by atoms with E-state index in [1.807, 2.05) is 13.0 Å². The number of nitrogens with one attached hydrogen (secondary N) is 1. The molecule has 2 nitrogen and oxygen atoms in total. The molecule has 2 aromatic rings. The summed E-state index contributed by atoms with van der Waals surface area (Å²) in [6, 6.07) is 13.4. The summed E-state index contributed by atoms with van der Waals surface area (Å²) in [5, 5.41) is 2.78. The van der Waals surface area contributed by atoms with Crippen molar-refractivity contribution >= 4 is 11.6 Å². The lowest BCUT2D eigenvalue weighted by Crippen LogP contribution is -2.22. The van der Waals surface area contributed by atoms with Crippen LogP contribution in [0.25, 0.3) is 5.70 Å². The number of amides is 1. The molecule has 0 radical (unpaired) electrons. The zero-order valence-corrected chi connectivity index (χ0v) is 13.2. The predicted molar refractivity (Wildman–Crippen MR) is 88.2 cm³/mol. The van der Waals surface area contributed by atoms with Gasteiger partial charge in [-0.25, -0.2) is 0 Å². The summed E-state index contributed by atoms with van der Waals surface area (Å²) in [4.78, 5) is 12.3. The van der Waals surface area contributed by atoms with Gasteiger partial charge in [0.25, 0.3) is 5.91 Å². The lowest BCUT2D eigenvalue weighted by molar-refractivity contribution is -0.137. The van der Waals surface area contributed by atoms with Gasteiger partial charge < -0.3 is 5.32 Å². The van der Waals surface area contributed by atoms with Crippen LogP contribution >= 0.6 is 0 Å². The van der Waals surface area contributed by atoms with Crippen LogP contribution in [-0.4, -0.2) is 5.91 Å². The van der Waals surface area contributed by atoms with Crippen LogP contribution in [0.2, 0.25) is 0 Å². The first-order valence-electron chi connectivity index (χ1n) is 7.66. The maximum atomic E-state index is 12.7. The first-order valence-corrected chi connectivity index (χ1v) is 7.66. The van der Waals surface area contributed by atoms with Crippen molar-refractivity contribution in [3.8, 4) is 0 Å². The molecule has 0 heterocycles.